The van der Waals surface area contributed by atoms with Gasteiger partial charge in [-0.3, -0.25) is 0 Å². The number of allylic oxidation sites excluding steroid dienone is 1. The Morgan fingerprint density at radius 1 is 1.31 bits per heavy atom. The van der Waals surface area contributed by atoms with Gasteiger partial charge in [0.1, 0.15) is 0 Å². The smallest absolute Gasteiger partial charge is 0.0692 e. The normalized spacial score (nSPS) is 40.5. The summed E-state index contributed by atoms with van der Waals surface area (Å²) < 4.78 is 6.02. The SMILES string of the molecule is C[C@H]1CCC[C@@]2(CCC=CCO2)C1. The molecule has 13 heavy (non-hydrogen) atoms. The van der Waals surface area contributed by atoms with Crippen LogP contribution in [0, 0.1) is 5.92 Å². The van der Waals surface area contributed by atoms with E-state index in [1.54, 1.807) is 0 Å². The Morgan fingerprint density at radius 2 is 2.23 bits per heavy atom. The molecule has 0 radical (unpaired) electrons. The minimum atomic E-state index is 0.251. The lowest BCUT2D eigenvalue weighted by Crippen LogP contribution is -2.37. The molecule has 1 aliphatic carbocycles. The molecule has 2 atom stereocenters. The van der Waals surface area contributed by atoms with Crippen LogP contribution < -0.4 is 0 Å². The van der Waals surface area contributed by atoms with Crippen molar-refractivity contribution in [1.29, 1.82) is 0 Å². The first-order chi connectivity index (χ1) is 6.31. The van der Waals surface area contributed by atoms with Gasteiger partial charge >= 0.3 is 0 Å². The van der Waals surface area contributed by atoms with Gasteiger partial charge in [0.2, 0.25) is 0 Å². The second-order valence-corrected chi connectivity index (χ2v) is 4.71. The largest absolute Gasteiger partial charge is 0.371 e. The lowest BCUT2D eigenvalue weighted by atomic mass is 9.76. The van der Waals surface area contributed by atoms with E-state index in [0.29, 0.717) is 0 Å². The Labute approximate surface area is 81.2 Å². The van der Waals surface area contributed by atoms with Crippen molar-refractivity contribution in [3.63, 3.8) is 0 Å². The topological polar surface area (TPSA) is 9.23 Å². The lowest BCUT2D eigenvalue weighted by molar-refractivity contribution is -0.0714. The second-order valence-electron chi connectivity index (χ2n) is 4.71. The minimum Gasteiger partial charge on any atom is -0.371 e. The van der Waals surface area contributed by atoms with Crippen LogP contribution in [0.4, 0.5) is 0 Å². The van der Waals surface area contributed by atoms with Gasteiger partial charge in [0.25, 0.3) is 0 Å². The maximum Gasteiger partial charge on any atom is 0.0692 e. The van der Waals surface area contributed by atoms with Crippen LogP contribution in [-0.4, -0.2) is 12.2 Å². The van der Waals surface area contributed by atoms with Gasteiger partial charge in [0.05, 0.1) is 12.2 Å². The standard InChI is InChI=1S/C12H20O/c1-11-6-5-8-12(10-11)7-3-2-4-9-13-12/h2,4,11H,3,5-10H2,1H3/t11-,12-/m0/s1. The van der Waals surface area contributed by atoms with Crippen molar-refractivity contribution in [3.8, 4) is 0 Å². The van der Waals surface area contributed by atoms with Crippen LogP contribution in [-0.2, 0) is 4.74 Å². The second kappa shape index (κ2) is 3.83. The summed E-state index contributed by atoms with van der Waals surface area (Å²) in [5, 5.41) is 0. The van der Waals surface area contributed by atoms with Gasteiger partial charge in [0, 0.05) is 0 Å². The Morgan fingerprint density at radius 3 is 3.08 bits per heavy atom. The number of ether oxygens (including phenoxy) is 1. The van der Waals surface area contributed by atoms with Crippen molar-refractivity contribution in [2.75, 3.05) is 6.61 Å². The average molecular weight is 180 g/mol. The summed E-state index contributed by atoms with van der Waals surface area (Å²) in [6.45, 7) is 3.20. The molecule has 1 nitrogen and oxygen atoms in total. The zero-order chi connectivity index (χ0) is 9.15. The molecule has 0 aromatic carbocycles. The van der Waals surface area contributed by atoms with Gasteiger partial charge in [-0.15, -0.1) is 0 Å². The highest BCUT2D eigenvalue weighted by Gasteiger charge is 2.35. The molecule has 2 aliphatic rings. The zero-order valence-electron chi connectivity index (χ0n) is 8.59. The molecule has 0 amide bonds. The molecule has 1 aliphatic heterocycles. The molecule has 0 aromatic heterocycles. The van der Waals surface area contributed by atoms with Gasteiger partial charge < -0.3 is 4.74 Å². The molecule has 1 saturated carbocycles. The van der Waals surface area contributed by atoms with Gasteiger partial charge in [-0.2, -0.15) is 0 Å². The van der Waals surface area contributed by atoms with Crippen molar-refractivity contribution < 1.29 is 4.74 Å². The van der Waals surface area contributed by atoms with Gasteiger partial charge in [-0.1, -0.05) is 31.9 Å². The molecule has 74 valence electrons. The highest BCUT2D eigenvalue weighted by Crippen LogP contribution is 2.39. The van der Waals surface area contributed by atoms with E-state index < -0.39 is 0 Å². The van der Waals surface area contributed by atoms with E-state index in [2.05, 4.69) is 19.1 Å². The van der Waals surface area contributed by atoms with Crippen LogP contribution in [0.1, 0.15) is 45.4 Å². The Kier molecular flexibility index (Phi) is 2.73. The minimum absolute atomic E-state index is 0.251. The van der Waals surface area contributed by atoms with Crippen LogP contribution in [0.25, 0.3) is 0 Å². The summed E-state index contributed by atoms with van der Waals surface area (Å²) >= 11 is 0. The third-order valence-corrected chi connectivity index (χ3v) is 3.47. The van der Waals surface area contributed by atoms with E-state index in [1.807, 2.05) is 0 Å². The molecule has 0 unspecified atom stereocenters. The lowest BCUT2D eigenvalue weighted by Gasteiger charge is -2.39. The molecule has 1 spiro atoms. The maximum absolute atomic E-state index is 6.02. The van der Waals surface area contributed by atoms with Crippen LogP contribution >= 0.6 is 0 Å². The fourth-order valence-electron chi connectivity index (χ4n) is 2.80. The number of hydrogen-bond acceptors (Lipinski definition) is 1. The van der Waals surface area contributed by atoms with E-state index in [4.69, 9.17) is 4.74 Å². The quantitative estimate of drug-likeness (QED) is 0.520. The molecule has 0 N–H and O–H groups in total. The first kappa shape index (κ1) is 9.26. The van der Waals surface area contributed by atoms with Gasteiger partial charge in [0.15, 0.2) is 0 Å². The van der Waals surface area contributed by atoms with Crippen molar-refractivity contribution >= 4 is 0 Å². The van der Waals surface area contributed by atoms with Crippen molar-refractivity contribution in [2.24, 2.45) is 5.92 Å². The van der Waals surface area contributed by atoms with Crippen molar-refractivity contribution in [3.05, 3.63) is 12.2 Å². The fraction of sp³-hybridized carbons (Fsp3) is 0.833. The van der Waals surface area contributed by atoms with Gasteiger partial charge in [-0.05, 0) is 31.6 Å². The number of rotatable bonds is 0. The predicted octanol–water partition coefficient (Wildman–Crippen LogP) is 3.30. The van der Waals surface area contributed by atoms with Crippen molar-refractivity contribution in [2.45, 2.75) is 51.0 Å². The fourth-order valence-corrected chi connectivity index (χ4v) is 2.80. The van der Waals surface area contributed by atoms with Crippen LogP contribution in [0.3, 0.4) is 0 Å². The Balaban J connectivity index is 2.01. The number of hydrogen-bond donors (Lipinski definition) is 0. The summed E-state index contributed by atoms with van der Waals surface area (Å²) in [5.41, 5.74) is 0.251. The molecule has 2 rings (SSSR count). The van der Waals surface area contributed by atoms with E-state index >= 15 is 0 Å². The van der Waals surface area contributed by atoms with E-state index in [9.17, 15) is 0 Å². The highest BCUT2D eigenvalue weighted by atomic mass is 16.5. The summed E-state index contributed by atoms with van der Waals surface area (Å²) in [7, 11) is 0. The molecule has 1 heteroatoms. The highest BCUT2D eigenvalue weighted by molar-refractivity contribution is 4.95. The average Bonchev–Trinajstić information content (AvgIpc) is 2.31. The first-order valence-corrected chi connectivity index (χ1v) is 5.60. The van der Waals surface area contributed by atoms with Crippen molar-refractivity contribution in [1.82, 2.24) is 0 Å². The Hall–Kier alpha value is -0.300. The van der Waals surface area contributed by atoms with E-state index in [1.165, 1.54) is 38.5 Å². The van der Waals surface area contributed by atoms with Gasteiger partial charge in [-0.25, -0.2) is 0 Å². The summed E-state index contributed by atoms with van der Waals surface area (Å²) in [5.74, 6) is 0.867. The third-order valence-electron chi connectivity index (χ3n) is 3.47. The third kappa shape index (κ3) is 2.14. The monoisotopic (exact) mass is 180 g/mol. The van der Waals surface area contributed by atoms with Crippen LogP contribution in [0.15, 0.2) is 12.2 Å². The molecular formula is C12H20O. The van der Waals surface area contributed by atoms with Crippen LogP contribution in [0.5, 0.6) is 0 Å². The maximum atomic E-state index is 6.02. The molecule has 0 saturated heterocycles. The van der Waals surface area contributed by atoms with E-state index in [0.717, 1.165) is 12.5 Å². The molecule has 1 fully saturated rings. The molecule has 0 bridgehead atoms. The first-order valence-electron chi connectivity index (χ1n) is 5.60. The summed E-state index contributed by atoms with van der Waals surface area (Å²) in [6.07, 6.45) is 12.2. The summed E-state index contributed by atoms with van der Waals surface area (Å²) in [4.78, 5) is 0. The molecule has 0 aromatic rings. The zero-order valence-corrected chi connectivity index (χ0v) is 8.59. The predicted molar refractivity (Wildman–Crippen MR) is 54.7 cm³/mol. The summed E-state index contributed by atoms with van der Waals surface area (Å²) in [6, 6.07) is 0. The molecular weight excluding hydrogens is 160 g/mol. The Bertz CT molecular complexity index is 185. The van der Waals surface area contributed by atoms with E-state index in [-0.39, 0.29) is 5.60 Å². The molecule has 1 heterocycles. The van der Waals surface area contributed by atoms with Crippen LogP contribution in [0.2, 0.25) is 0 Å².